The van der Waals surface area contributed by atoms with Gasteiger partial charge in [-0.1, -0.05) is 51.9 Å². The highest BCUT2D eigenvalue weighted by Crippen LogP contribution is 2.28. The molecule has 2 aliphatic carbocycles. The van der Waals surface area contributed by atoms with Gasteiger partial charge in [0.05, 0.1) is 0 Å². The second-order valence-corrected chi connectivity index (χ2v) is 6.75. The van der Waals surface area contributed by atoms with Gasteiger partial charge < -0.3 is 5.32 Å². The zero-order chi connectivity index (χ0) is 12.6. The molecule has 2 saturated carbocycles. The van der Waals surface area contributed by atoms with Crippen molar-refractivity contribution in [1.29, 1.82) is 0 Å². The van der Waals surface area contributed by atoms with Gasteiger partial charge in [0.2, 0.25) is 0 Å². The molecule has 0 atom stereocenters. The molecule has 2 aliphatic rings. The van der Waals surface area contributed by atoms with Crippen LogP contribution in [-0.2, 0) is 0 Å². The topological polar surface area (TPSA) is 12.0 Å². The predicted molar refractivity (Wildman–Crippen MR) is 79.8 cm³/mol. The molecule has 0 aromatic heterocycles. The van der Waals surface area contributed by atoms with Gasteiger partial charge in [-0.2, -0.15) is 0 Å². The van der Waals surface area contributed by atoms with E-state index in [9.17, 15) is 0 Å². The molecule has 0 bridgehead atoms. The van der Waals surface area contributed by atoms with Gasteiger partial charge in [-0.05, 0) is 50.5 Å². The molecule has 0 aliphatic heterocycles. The smallest absolute Gasteiger partial charge is 0.00672 e. The SMILES string of the molecule is CCCC1CCC(NCCC2CCCCC2)CC1. The Kier molecular flexibility index (Phi) is 6.54. The van der Waals surface area contributed by atoms with Gasteiger partial charge in [0, 0.05) is 6.04 Å². The lowest BCUT2D eigenvalue weighted by Gasteiger charge is -2.30. The second kappa shape index (κ2) is 8.19. The molecule has 2 rings (SSSR count). The van der Waals surface area contributed by atoms with Crippen molar-refractivity contribution in [2.75, 3.05) is 6.54 Å². The Bertz CT molecular complexity index is 200. The Morgan fingerprint density at radius 1 is 0.778 bits per heavy atom. The number of rotatable bonds is 6. The molecule has 0 aromatic rings. The number of nitrogens with one attached hydrogen (secondary N) is 1. The molecule has 0 unspecified atom stereocenters. The summed E-state index contributed by atoms with van der Waals surface area (Å²) in [6, 6.07) is 0.849. The van der Waals surface area contributed by atoms with E-state index in [-0.39, 0.29) is 0 Å². The van der Waals surface area contributed by atoms with Crippen LogP contribution in [0.4, 0.5) is 0 Å². The third-order valence-corrected chi connectivity index (χ3v) is 5.25. The van der Waals surface area contributed by atoms with Crippen molar-refractivity contribution in [2.45, 2.75) is 90.0 Å². The predicted octanol–water partition coefficient (Wildman–Crippen LogP) is 4.91. The van der Waals surface area contributed by atoms with Crippen molar-refractivity contribution in [2.24, 2.45) is 11.8 Å². The maximum atomic E-state index is 3.83. The van der Waals surface area contributed by atoms with Crippen LogP contribution in [0.25, 0.3) is 0 Å². The second-order valence-electron chi connectivity index (χ2n) is 6.75. The molecule has 0 aromatic carbocycles. The largest absolute Gasteiger partial charge is 0.314 e. The molecule has 0 saturated heterocycles. The van der Waals surface area contributed by atoms with Crippen molar-refractivity contribution in [3.8, 4) is 0 Å². The summed E-state index contributed by atoms with van der Waals surface area (Å²) in [5, 5.41) is 3.83. The van der Waals surface area contributed by atoms with Gasteiger partial charge in [-0.15, -0.1) is 0 Å². The molecule has 18 heavy (non-hydrogen) atoms. The quantitative estimate of drug-likeness (QED) is 0.707. The fourth-order valence-corrected chi connectivity index (χ4v) is 4.03. The van der Waals surface area contributed by atoms with Gasteiger partial charge in [0.1, 0.15) is 0 Å². The van der Waals surface area contributed by atoms with Crippen molar-refractivity contribution in [1.82, 2.24) is 5.32 Å². The first kappa shape index (κ1) is 14.4. The molecule has 0 spiro atoms. The van der Waals surface area contributed by atoms with Gasteiger partial charge in [-0.25, -0.2) is 0 Å². The summed E-state index contributed by atoms with van der Waals surface area (Å²) in [6.45, 7) is 3.61. The zero-order valence-electron chi connectivity index (χ0n) is 12.4. The van der Waals surface area contributed by atoms with Crippen molar-refractivity contribution >= 4 is 0 Å². The molecule has 106 valence electrons. The molecule has 0 heterocycles. The fraction of sp³-hybridized carbons (Fsp3) is 1.00. The average Bonchev–Trinajstić information content (AvgIpc) is 2.42. The monoisotopic (exact) mass is 251 g/mol. The first-order valence-corrected chi connectivity index (χ1v) is 8.62. The summed E-state index contributed by atoms with van der Waals surface area (Å²) >= 11 is 0. The molecular weight excluding hydrogens is 218 g/mol. The minimum Gasteiger partial charge on any atom is -0.314 e. The molecule has 1 N–H and O–H groups in total. The Hall–Kier alpha value is -0.0400. The molecule has 2 fully saturated rings. The summed E-state index contributed by atoms with van der Waals surface area (Å²) in [6.07, 6.45) is 17.6. The van der Waals surface area contributed by atoms with Crippen molar-refractivity contribution in [3.63, 3.8) is 0 Å². The third kappa shape index (κ3) is 4.91. The Labute approximate surface area is 114 Å². The van der Waals surface area contributed by atoms with Crippen LogP contribution in [-0.4, -0.2) is 12.6 Å². The Balaban J connectivity index is 1.52. The van der Waals surface area contributed by atoms with E-state index in [0.29, 0.717) is 0 Å². The van der Waals surface area contributed by atoms with Gasteiger partial charge in [-0.3, -0.25) is 0 Å². The zero-order valence-corrected chi connectivity index (χ0v) is 12.4. The van der Waals surface area contributed by atoms with E-state index in [2.05, 4.69) is 12.2 Å². The lowest BCUT2D eigenvalue weighted by molar-refractivity contribution is 0.267. The van der Waals surface area contributed by atoms with Crippen molar-refractivity contribution in [3.05, 3.63) is 0 Å². The van der Waals surface area contributed by atoms with E-state index >= 15 is 0 Å². The van der Waals surface area contributed by atoms with Gasteiger partial charge in [0.25, 0.3) is 0 Å². The maximum Gasteiger partial charge on any atom is 0.00672 e. The highest BCUT2D eigenvalue weighted by atomic mass is 14.9. The Morgan fingerprint density at radius 3 is 2.11 bits per heavy atom. The van der Waals surface area contributed by atoms with E-state index in [1.54, 1.807) is 0 Å². The number of hydrogen-bond acceptors (Lipinski definition) is 1. The minimum absolute atomic E-state index is 0.849. The average molecular weight is 251 g/mol. The van der Waals surface area contributed by atoms with Crippen LogP contribution in [0.5, 0.6) is 0 Å². The lowest BCUT2D eigenvalue weighted by atomic mass is 9.83. The summed E-state index contributed by atoms with van der Waals surface area (Å²) < 4.78 is 0. The Morgan fingerprint density at radius 2 is 1.44 bits per heavy atom. The molecule has 1 heteroatoms. The van der Waals surface area contributed by atoms with Gasteiger partial charge >= 0.3 is 0 Å². The maximum absolute atomic E-state index is 3.83. The van der Waals surface area contributed by atoms with E-state index in [1.807, 2.05) is 0 Å². The van der Waals surface area contributed by atoms with Gasteiger partial charge in [0.15, 0.2) is 0 Å². The minimum atomic E-state index is 0.849. The highest BCUT2D eigenvalue weighted by Gasteiger charge is 2.20. The molecule has 0 amide bonds. The lowest BCUT2D eigenvalue weighted by Crippen LogP contribution is -2.34. The summed E-state index contributed by atoms with van der Waals surface area (Å²) in [5.74, 6) is 2.09. The van der Waals surface area contributed by atoms with E-state index < -0.39 is 0 Å². The van der Waals surface area contributed by atoms with E-state index in [4.69, 9.17) is 0 Å². The van der Waals surface area contributed by atoms with E-state index in [0.717, 1.165) is 17.9 Å². The van der Waals surface area contributed by atoms with Crippen LogP contribution < -0.4 is 5.32 Å². The summed E-state index contributed by atoms with van der Waals surface area (Å²) in [4.78, 5) is 0. The molecule has 1 nitrogen and oxygen atoms in total. The molecule has 0 radical (unpaired) electrons. The molecular formula is C17H33N. The standard InChI is InChI=1S/C17H33N/c1-2-6-15-9-11-17(12-10-15)18-14-13-16-7-4-3-5-8-16/h15-18H,2-14H2,1H3. The third-order valence-electron chi connectivity index (χ3n) is 5.25. The highest BCUT2D eigenvalue weighted by molar-refractivity contribution is 4.77. The summed E-state index contributed by atoms with van der Waals surface area (Å²) in [7, 11) is 0. The van der Waals surface area contributed by atoms with Crippen LogP contribution >= 0.6 is 0 Å². The normalized spacial score (nSPS) is 30.5. The summed E-state index contributed by atoms with van der Waals surface area (Å²) in [5.41, 5.74) is 0. The van der Waals surface area contributed by atoms with E-state index in [1.165, 1.54) is 83.6 Å². The van der Waals surface area contributed by atoms with Crippen LogP contribution in [0.2, 0.25) is 0 Å². The van der Waals surface area contributed by atoms with Crippen LogP contribution in [0.1, 0.15) is 84.0 Å². The van der Waals surface area contributed by atoms with Crippen LogP contribution in [0.3, 0.4) is 0 Å². The van der Waals surface area contributed by atoms with Crippen molar-refractivity contribution < 1.29 is 0 Å². The van der Waals surface area contributed by atoms with Crippen LogP contribution in [0, 0.1) is 11.8 Å². The fourth-order valence-electron chi connectivity index (χ4n) is 4.03. The number of hydrogen-bond donors (Lipinski definition) is 1. The first-order valence-electron chi connectivity index (χ1n) is 8.62. The van der Waals surface area contributed by atoms with Crippen LogP contribution in [0.15, 0.2) is 0 Å². The first-order chi connectivity index (χ1) is 8.88.